The second-order valence-electron chi connectivity index (χ2n) is 12.5. The number of carbonyl (C=O) groups excluding carboxylic acids is 1. The number of methoxy groups -OCH3 is 1. The summed E-state index contributed by atoms with van der Waals surface area (Å²) >= 11 is 3.01. The van der Waals surface area contributed by atoms with E-state index in [-0.39, 0.29) is 28.7 Å². The fourth-order valence-electron chi connectivity index (χ4n) is 6.02. The predicted octanol–water partition coefficient (Wildman–Crippen LogP) is 6.70. The second kappa shape index (κ2) is 11.3. The second-order valence-corrected chi connectivity index (χ2v) is 14.5. The zero-order chi connectivity index (χ0) is 27.9. The minimum absolute atomic E-state index is 0.00121. The zero-order valence-electron chi connectivity index (χ0n) is 24.1. The van der Waals surface area contributed by atoms with Gasteiger partial charge in [0, 0.05) is 17.0 Å². The Balaban J connectivity index is 1.53. The molecule has 2 aliphatic rings. The summed E-state index contributed by atoms with van der Waals surface area (Å²) in [6, 6.07) is 6.01. The lowest BCUT2D eigenvalue weighted by atomic mass is 9.72. The summed E-state index contributed by atoms with van der Waals surface area (Å²) in [5.41, 5.74) is 3.06. The molecule has 39 heavy (non-hydrogen) atoms. The van der Waals surface area contributed by atoms with Gasteiger partial charge in [0.1, 0.15) is 10.6 Å². The zero-order valence-corrected chi connectivity index (χ0v) is 25.7. The van der Waals surface area contributed by atoms with E-state index in [4.69, 9.17) is 9.72 Å². The molecule has 0 spiro atoms. The van der Waals surface area contributed by atoms with E-state index in [9.17, 15) is 9.59 Å². The first kappa shape index (κ1) is 28.2. The van der Waals surface area contributed by atoms with Gasteiger partial charge in [0.05, 0.1) is 23.9 Å². The molecule has 2 heterocycles. The van der Waals surface area contributed by atoms with Crippen LogP contribution in [-0.2, 0) is 17.6 Å². The van der Waals surface area contributed by atoms with Crippen molar-refractivity contribution in [2.45, 2.75) is 90.8 Å². The summed E-state index contributed by atoms with van der Waals surface area (Å²) < 4.78 is 7.21. The Morgan fingerprint density at radius 1 is 1.21 bits per heavy atom. The van der Waals surface area contributed by atoms with E-state index in [2.05, 4.69) is 33.0 Å². The number of aromatic nitrogens is 2. The van der Waals surface area contributed by atoms with Crippen LogP contribution >= 0.6 is 23.1 Å². The lowest BCUT2D eigenvalue weighted by molar-refractivity contribution is -0.119. The maximum atomic E-state index is 14.3. The van der Waals surface area contributed by atoms with Crippen LogP contribution in [0.3, 0.4) is 0 Å². The van der Waals surface area contributed by atoms with Crippen molar-refractivity contribution in [2.24, 2.45) is 17.3 Å². The Morgan fingerprint density at radius 2 is 1.95 bits per heavy atom. The van der Waals surface area contributed by atoms with Gasteiger partial charge in [0.25, 0.3) is 5.56 Å². The molecule has 2 aliphatic carbocycles. The minimum Gasteiger partial charge on any atom is -0.497 e. The third-order valence-corrected chi connectivity index (χ3v) is 10.7. The number of thiophene rings is 1. The van der Waals surface area contributed by atoms with Crippen molar-refractivity contribution in [3.63, 3.8) is 0 Å². The molecule has 0 saturated heterocycles. The first-order valence-corrected chi connectivity index (χ1v) is 16.0. The molecule has 5 rings (SSSR count). The molecule has 0 bridgehead atoms. The monoisotopic (exact) mass is 567 g/mol. The number of benzene rings is 1. The standard InChI is InChI=1S/C31H41N3O3S2/c1-18-7-11-21(12-8-18)32-26(35)17-38-30-33-28-27(23-14-10-20(31(3,4)5)15-25(23)39-28)29(36)34(30)24-16-22(37-6)13-9-19(24)2/h9,13,16,18,20-21H,7-8,10-12,14-15,17H2,1-6H3,(H,32,35)/t18?,20-,21?/m1/s1. The summed E-state index contributed by atoms with van der Waals surface area (Å²) in [7, 11) is 1.63. The molecule has 1 atom stereocenters. The molecule has 0 aliphatic heterocycles. The van der Waals surface area contributed by atoms with Crippen molar-refractivity contribution in [2.75, 3.05) is 12.9 Å². The Morgan fingerprint density at radius 3 is 2.64 bits per heavy atom. The van der Waals surface area contributed by atoms with Crippen LogP contribution < -0.4 is 15.6 Å². The number of hydrogen-bond acceptors (Lipinski definition) is 6. The Bertz CT molecular complexity index is 1430. The van der Waals surface area contributed by atoms with Crippen molar-refractivity contribution < 1.29 is 9.53 Å². The van der Waals surface area contributed by atoms with E-state index in [0.717, 1.165) is 72.3 Å². The number of fused-ring (bicyclic) bond motifs is 3. The van der Waals surface area contributed by atoms with Crippen LogP contribution in [0.5, 0.6) is 5.75 Å². The number of hydrogen-bond donors (Lipinski definition) is 1. The highest BCUT2D eigenvalue weighted by Crippen LogP contribution is 2.42. The fourth-order valence-corrected chi connectivity index (χ4v) is 8.17. The van der Waals surface area contributed by atoms with Gasteiger partial charge in [-0.25, -0.2) is 4.98 Å². The van der Waals surface area contributed by atoms with Crippen LogP contribution in [0.4, 0.5) is 0 Å². The summed E-state index contributed by atoms with van der Waals surface area (Å²) in [4.78, 5) is 34.4. The van der Waals surface area contributed by atoms with Gasteiger partial charge in [-0.05, 0) is 86.3 Å². The van der Waals surface area contributed by atoms with Crippen LogP contribution in [0, 0.1) is 24.2 Å². The number of ether oxygens (including phenoxy) is 1. The number of nitrogens with one attached hydrogen (secondary N) is 1. The number of thioether (sulfide) groups is 1. The number of amides is 1. The summed E-state index contributed by atoms with van der Waals surface area (Å²) in [5.74, 6) is 2.23. The molecule has 1 N–H and O–H groups in total. The number of carbonyl (C=O) groups is 1. The van der Waals surface area contributed by atoms with Gasteiger partial charge in [0.15, 0.2) is 5.16 Å². The lowest BCUT2D eigenvalue weighted by Crippen LogP contribution is -2.38. The predicted molar refractivity (Wildman–Crippen MR) is 162 cm³/mol. The quantitative estimate of drug-likeness (QED) is 0.265. The van der Waals surface area contributed by atoms with Crippen molar-refractivity contribution >= 4 is 39.2 Å². The van der Waals surface area contributed by atoms with Gasteiger partial charge >= 0.3 is 0 Å². The van der Waals surface area contributed by atoms with Gasteiger partial charge in [-0.3, -0.25) is 14.2 Å². The molecule has 210 valence electrons. The molecule has 6 nitrogen and oxygen atoms in total. The molecule has 0 radical (unpaired) electrons. The fraction of sp³-hybridized carbons (Fsp3) is 0.581. The van der Waals surface area contributed by atoms with Crippen molar-refractivity contribution in [3.05, 3.63) is 44.6 Å². The average molecular weight is 568 g/mol. The number of rotatable bonds is 6. The van der Waals surface area contributed by atoms with Crippen LogP contribution in [0.1, 0.15) is 75.8 Å². The van der Waals surface area contributed by atoms with Crippen LogP contribution in [0.25, 0.3) is 15.9 Å². The molecule has 2 aromatic heterocycles. The summed E-state index contributed by atoms with van der Waals surface area (Å²) in [6.45, 7) is 11.2. The third kappa shape index (κ3) is 5.92. The summed E-state index contributed by atoms with van der Waals surface area (Å²) in [5, 5.41) is 4.52. The molecular formula is C31H41N3O3S2. The smallest absolute Gasteiger partial charge is 0.267 e. The largest absolute Gasteiger partial charge is 0.497 e. The van der Waals surface area contributed by atoms with Crippen LogP contribution in [0.15, 0.2) is 28.2 Å². The van der Waals surface area contributed by atoms with E-state index in [1.165, 1.54) is 22.2 Å². The Kier molecular flexibility index (Phi) is 8.16. The maximum Gasteiger partial charge on any atom is 0.267 e. The SMILES string of the molecule is COc1ccc(C)c(-n2c(SCC(=O)NC3CCC(C)CC3)nc3sc4c(c3c2=O)CC[C@@H](C(C)(C)C)C4)c1. The van der Waals surface area contributed by atoms with E-state index in [1.807, 2.05) is 25.1 Å². The lowest BCUT2D eigenvalue weighted by Gasteiger charge is -2.33. The average Bonchev–Trinajstić information content (AvgIpc) is 3.27. The van der Waals surface area contributed by atoms with E-state index >= 15 is 0 Å². The molecule has 3 aromatic rings. The third-order valence-electron chi connectivity index (χ3n) is 8.65. The van der Waals surface area contributed by atoms with Gasteiger partial charge in [-0.1, -0.05) is 45.5 Å². The van der Waals surface area contributed by atoms with E-state index in [0.29, 0.717) is 16.8 Å². The molecule has 8 heteroatoms. The van der Waals surface area contributed by atoms with Gasteiger partial charge in [-0.2, -0.15) is 0 Å². The van der Waals surface area contributed by atoms with Crippen molar-refractivity contribution in [3.8, 4) is 11.4 Å². The molecule has 1 fully saturated rings. The van der Waals surface area contributed by atoms with E-state index in [1.54, 1.807) is 23.0 Å². The first-order valence-electron chi connectivity index (χ1n) is 14.2. The first-order chi connectivity index (χ1) is 18.5. The number of aryl methyl sites for hydroxylation is 2. The van der Waals surface area contributed by atoms with Crippen molar-refractivity contribution in [1.29, 1.82) is 0 Å². The molecule has 1 aromatic carbocycles. The normalized spacial score (nSPS) is 21.5. The highest BCUT2D eigenvalue weighted by molar-refractivity contribution is 7.99. The molecule has 1 saturated carbocycles. The molecule has 1 amide bonds. The van der Waals surface area contributed by atoms with Crippen LogP contribution in [0.2, 0.25) is 0 Å². The summed E-state index contributed by atoms with van der Waals surface area (Å²) in [6.07, 6.45) is 7.35. The molecular weight excluding hydrogens is 526 g/mol. The number of nitrogens with zero attached hydrogens (tertiary/aromatic N) is 2. The van der Waals surface area contributed by atoms with E-state index < -0.39 is 0 Å². The minimum atomic E-state index is -0.0489. The van der Waals surface area contributed by atoms with Crippen LogP contribution in [-0.4, -0.2) is 34.4 Å². The topological polar surface area (TPSA) is 73.2 Å². The highest BCUT2D eigenvalue weighted by atomic mass is 32.2. The Labute approximate surface area is 239 Å². The van der Waals surface area contributed by atoms with Gasteiger partial charge in [0.2, 0.25) is 5.91 Å². The maximum absolute atomic E-state index is 14.3. The van der Waals surface area contributed by atoms with Gasteiger partial charge < -0.3 is 10.1 Å². The van der Waals surface area contributed by atoms with Gasteiger partial charge in [-0.15, -0.1) is 11.3 Å². The van der Waals surface area contributed by atoms with Crippen molar-refractivity contribution in [1.82, 2.24) is 14.9 Å². The Hall–Kier alpha value is -2.32. The highest BCUT2D eigenvalue weighted by Gasteiger charge is 2.32. The molecule has 0 unspecified atom stereocenters.